The molecule has 1 N–H and O–H groups in total. The molecule has 0 aliphatic carbocycles. The van der Waals surface area contributed by atoms with E-state index in [9.17, 15) is 4.79 Å². The smallest absolute Gasteiger partial charge is 0.222 e. The average molecular weight is 251 g/mol. The molecule has 0 aliphatic heterocycles. The van der Waals surface area contributed by atoms with E-state index in [1.807, 2.05) is 31.2 Å². The molecule has 4 heteroatoms. The van der Waals surface area contributed by atoms with Crippen molar-refractivity contribution in [3.8, 4) is 5.75 Å². The van der Waals surface area contributed by atoms with Crippen molar-refractivity contribution in [2.75, 3.05) is 26.8 Å². The van der Waals surface area contributed by atoms with Gasteiger partial charge in [-0.1, -0.05) is 18.2 Å². The van der Waals surface area contributed by atoms with Crippen LogP contribution in [0.3, 0.4) is 0 Å². The molecule has 18 heavy (non-hydrogen) atoms. The number of aliphatic hydroxyl groups excluding tert-OH is 1. The number of aryl methyl sites for hydroxylation is 1. The van der Waals surface area contributed by atoms with Crippen molar-refractivity contribution in [1.29, 1.82) is 0 Å². The Kier molecular flexibility index (Phi) is 6.22. The summed E-state index contributed by atoms with van der Waals surface area (Å²) in [4.78, 5) is 13.2. The molecule has 0 atom stereocenters. The number of aliphatic hydroxyl groups is 1. The van der Waals surface area contributed by atoms with Gasteiger partial charge in [-0.15, -0.1) is 0 Å². The van der Waals surface area contributed by atoms with Crippen molar-refractivity contribution in [2.45, 2.75) is 19.8 Å². The Morgan fingerprint density at radius 1 is 1.39 bits per heavy atom. The summed E-state index contributed by atoms with van der Waals surface area (Å²) >= 11 is 0. The number of carbonyl (C=O) groups is 1. The van der Waals surface area contributed by atoms with E-state index in [0.717, 1.165) is 11.3 Å². The Balaban J connectivity index is 2.29. The molecule has 100 valence electrons. The molecule has 0 saturated carbocycles. The minimum Gasteiger partial charge on any atom is -0.491 e. The Bertz CT molecular complexity index is 379. The van der Waals surface area contributed by atoms with E-state index in [4.69, 9.17) is 9.84 Å². The average Bonchev–Trinajstić information content (AvgIpc) is 2.38. The van der Waals surface area contributed by atoms with E-state index in [0.29, 0.717) is 26.0 Å². The summed E-state index contributed by atoms with van der Waals surface area (Å²) in [5.74, 6) is 0.895. The van der Waals surface area contributed by atoms with E-state index in [2.05, 4.69) is 0 Å². The van der Waals surface area contributed by atoms with Gasteiger partial charge in [-0.3, -0.25) is 4.79 Å². The highest BCUT2D eigenvalue weighted by atomic mass is 16.5. The summed E-state index contributed by atoms with van der Waals surface area (Å²) in [5, 5.41) is 8.66. The van der Waals surface area contributed by atoms with Crippen molar-refractivity contribution in [3.05, 3.63) is 29.8 Å². The lowest BCUT2D eigenvalue weighted by Gasteiger charge is -2.17. The minimum absolute atomic E-state index is 0.0393. The summed E-state index contributed by atoms with van der Waals surface area (Å²) in [7, 11) is 1.75. The molecule has 1 rings (SSSR count). The van der Waals surface area contributed by atoms with Crippen LogP contribution in [-0.4, -0.2) is 42.7 Å². The zero-order valence-electron chi connectivity index (χ0n) is 11.1. The second-order valence-corrected chi connectivity index (χ2v) is 4.26. The third-order valence-corrected chi connectivity index (χ3v) is 2.75. The number of rotatable bonds is 7. The van der Waals surface area contributed by atoms with E-state index >= 15 is 0 Å². The highest BCUT2D eigenvalue weighted by molar-refractivity contribution is 5.75. The Labute approximate surface area is 108 Å². The van der Waals surface area contributed by atoms with E-state index in [1.165, 1.54) is 0 Å². The fourth-order valence-corrected chi connectivity index (χ4v) is 1.56. The normalized spacial score (nSPS) is 10.2. The molecule has 4 nitrogen and oxygen atoms in total. The van der Waals surface area contributed by atoms with Crippen molar-refractivity contribution >= 4 is 5.91 Å². The predicted molar refractivity (Wildman–Crippen MR) is 70.6 cm³/mol. The summed E-state index contributed by atoms with van der Waals surface area (Å²) in [6, 6.07) is 7.81. The fraction of sp³-hybridized carbons (Fsp3) is 0.500. The maximum absolute atomic E-state index is 11.6. The molecule has 1 aromatic rings. The zero-order valence-corrected chi connectivity index (χ0v) is 11.1. The molecule has 0 unspecified atom stereocenters. The van der Waals surface area contributed by atoms with Crippen molar-refractivity contribution in [1.82, 2.24) is 4.90 Å². The lowest BCUT2D eigenvalue weighted by atomic mass is 10.2. The van der Waals surface area contributed by atoms with Gasteiger partial charge in [0.1, 0.15) is 12.4 Å². The van der Waals surface area contributed by atoms with Crippen molar-refractivity contribution < 1.29 is 14.6 Å². The highest BCUT2D eigenvalue weighted by Gasteiger charge is 2.08. The molecule has 0 radical (unpaired) electrons. The summed E-state index contributed by atoms with van der Waals surface area (Å²) in [5.41, 5.74) is 1.09. The van der Waals surface area contributed by atoms with Gasteiger partial charge in [0.2, 0.25) is 5.91 Å². The van der Waals surface area contributed by atoms with Crippen LogP contribution in [0.15, 0.2) is 24.3 Å². The number of hydrogen-bond donors (Lipinski definition) is 1. The van der Waals surface area contributed by atoms with Gasteiger partial charge in [-0.25, -0.2) is 0 Å². The quantitative estimate of drug-likeness (QED) is 0.801. The summed E-state index contributed by atoms with van der Waals surface area (Å²) in [6.45, 7) is 3.08. The zero-order chi connectivity index (χ0) is 13.4. The number of amides is 1. The minimum atomic E-state index is 0.0393. The molecular formula is C14H21NO3. The van der Waals surface area contributed by atoms with Crippen LogP contribution in [0.4, 0.5) is 0 Å². The molecular weight excluding hydrogens is 230 g/mol. The molecule has 1 aromatic carbocycles. The molecule has 0 spiro atoms. The first-order valence-electron chi connectivity index (χ1n) is 6.18. The number of likely N-dealkylation sites (N-methyl/N-ethyl adjacent to an activating group) is 1. The number of nitrogens with zero attached hydrogens (tertiary/aromatic N) is 1. The monoisotopic (exact) mass is 251 g/mol. The largest absolute Gasteiger partial charge is 0.491 e. The van der Waals surface area contributed by atoms with Crippen LogP contribution in [0.25, 0.3) is 0 Å². The van der Waals surface area contributed by atoms with E-state index in [1.54, 1.807) is 11.9 Å². The summed E-state index contributed by atoms with van der Waals surface area (Å²) < 4.78 is 5.62. The first-order chi connectivity index (χ1) is 8.65. The number of para-hydroxylation sites is 1. The Morgan fingerprint density at radius 2 is 2.11 bits per heavy atom. The lowest BCUT2D eigenvalue weighted by molar-refractivity contribution is -0.130. The van der Waals surface area contributed by atoms with Crippen LogP contribution < -0.4 is 4.74 Å². The van der Waals surface area contributed by atoms with E-state index in [-0.39, 0.29) is 12.5 Å². The SMILES string of the molecule is Cc1ccccc1OCCN(C)C(=O)CCCO. The van der Waals surface area contributed by atoms with Crippen molar-refractivity contribution in [3.63, 3.8) is 0 Å². The number of benzene rings is 1. The maximum atomic E-state index is 11.6. The van der Waals surface area contributed by atoms with E-state index < -0.39 is 0 Å². The summed E-state index contributed by atoms with van der Waals surface area (Å²) in [6.07, 6.45) is 0.902. The third kappa shape index (κ3) is 4.75. The maximum Gasteiger partial charge on any atom is 0.222 e. The number of hydrogen-bond acceptors (Lipinski definition) is 3. The Morgan fingerprint density at radius 3 is 2.78 bits per heavy atom. The standard InChI is InChI=1S/C14H21NO3/c1-12-6-3-4-7-13(12)18-11-9-15(2)14(17)8-5-10-16/h3-4,6-7,16H,5,8-11H2,1-2H3. The van der Waals surface area contributed by atoms with Crippen LogP contribution in [0.5, 0.6) is 5.75 Å². The van der Waals surface area contributed by atoms with Crippen LogP contribution in [0.2, 0.25) is 0 Å². The van der Waals surface area contributed by atoms with Gasteiger partial charge in [0.05, 0.1) is 6.54 Å². The van der Waals surface area contributed by atoms with Gasteiger partial charge in [-0.05, 0) is 25.0 Å². The predicted octanol–water partition coefficient (Wildman–Crippen LogP) is 1.60. The molecule has 0 aromatic heterocycles. The van der Waals surface area contributed by atoms with Gasteiger partial charge in [-0.2, -0.15) is 0 Å². The second kappa shape index (κ2) is 7.71. The second-order valence-electron chi connectivity index (χ2n) is 4.26. The van der Waals surface area contributed by atoms with Crippen LogP contribution in [0, 0.1) is 6.92 Å². The molecule has 0 bridgehead atoms. The Hall–Kier alpha value is -1.55. The van der Waals surface area contributed by atoms with Crippen LogP contribution in [-0.2, 0) is 4.79 Å². The molecule has 0 heterocycles. The molecule has 0 aliphatic rings. The van der Waals surface area contributed by atoms with Gasteiger partial charge < -0.3 is 14.7 Å². The molecule has 0 fully saturated rings. The van der Waals surface area contributed by atoms with Gasteiger partial charge >= 0.3 is 0 Å². The van der Waals surface area contributed by atoms with Gasteiger partial charge in [0.15, 0.2) is 0 Å². The van der Waals surface area contributed by atoms with Gasteiger partial charge in [0.25, 0.3) is 0 Å². The highest BCUT2D eigenvalue weighted by Crippen LogP contribution is 2.15. The number of ether oxygens (including phenoxy) is 1. The number of carbonyl (C=O) groups excluding carboxylic acids is 1. The topological polar surface area (TPSA) is 49.8 Å². The van der Waals surface area contributed by atoms with Gasteiger partial charge in [0, 0.05) is 20.1 Å². The lowest BCUT2D eigenvalue weighted by Crippen LogP contribution is -2.30. The van der Waals surface area contributed by atoms with Crippen molar-refractivity contribution in [2.24, 2.45) is 0 Å². The van der Waals surface area contributed by atoms with Crippen LogP contribution in [0.1, 0.15) is 18.4 Å². The first kappa shape index (κ1) is 14.5. The fourth-order valence-electron chi connectivity index (χ4n) is 1.56. The third-order valence-electron chi connectivity index (χ3n) is 2.75. The van der Waals surface area contributed by atoms with Crippen LogP contribution >= 0.6 is 0 Å². The molecule has 1 amide bonds. The molecule has 0 saturated heterocycles. The first-order valence-corrected chi connectivity index (χ1v) is 6.18.